The van der Waals surface area contributed by atoms with E-state index in [0.29, 0.717) is 25.2 Å². The molecule has 1 aromatic heterocycles. The number of benzene rings is 2. The van der Waals surface area contributed by atoms with Crippen LogP contribution in [0.4, 0.5) is 4.39 Å². The van der Waals surface area contributed by atoms with Crippen molar-refractivity contribution in [3.05, 3.63) is 95.2 Å². The number of aryl methyl sites for hydroxylation is 1. The van der Waals surface area contributed by atoms with E-state index < -0.39 is 0 Å². The zero-order chi connectivity index (χ0) is 22.8. The van der Waals surface area contributed by atoms with Gasteiger partial charge in [0.1, 0.15) is 17.3 Å². The minimum Gasteiger partial charge on any atom is -0.464 e. The molecule has 0 bridgehead atoms. The molecule has 1 heterocycles. The van der Waals surface area contributed by atoms with Crippen LogP contribution < -0.4 is 0 Å². The molecular weight excluding hydrogens is 403 g/mol. The number of nitrogens with zero attached hydrogens (tertiary/aromatic N) is 2. The van der Waals surface area contributed by atoms with Crippen molar-refractivity contribution in [2.24, 2.45) is 0 Å². The molecule has 32 heavy (non-hydrogen) atoms. The highest BCUT2D eigenvalue weighted by Crippen LogP contribution is 2.14. The molecule has 1 amide bonds. The molecule has 0 aliphatic heterocycles. The summed E-state index contributed by atoms with van der Waals surface area (Å²) in [5, 5.41) is 0. The summed E-state index contributed by atoms with van der Waals surface area (Å²) in [5.41, 5.74) is 1.81. The molecule has 0 spiro atoms. The standard InChI is InChI=1S/C27H33FN2O2/c1-3-4-17-29(19-24-12-8-9-13-26(24)28)21-27(31)30(20-25-15-14-22(2)32-25)18-16-23-10-6-5-7-11-23/h5-15H,3-4,16-21H2,1-2H3. The Morgan fingerprint density at radius 2 is 1.69 bits per heavy atom. The first-order valence-corrected chi connectivity index (χ1v) is 11.4. The lowest BCUT2D eigenvalue weighted by Crippen LogP contribution is -2.41. The van der Waals surface area contributed by atoms with Crippen molar-refractivity contribution >= 4 is 5.91 Å². The highest BCUT2D eigenvalue weighted by atomic mass is 19.1. The maximum atomic E-state index is 14.2. The van der Waals surface area contributed by atoms with Gasteiger partial charge in [0.25, 0.3) is 0 Å². The normalized spacial score (nSPS) is 11.1. The Kier molecular flexibility index (Phi) is 9.05. The molecule has 4 nitrogen and oxygen atoms in total. The molecule has 0 saturated heterocycles. The molecule has 5 heteroatoms. The average molecular weight is 437 g/mol. The minimum atomic E-state index is -0.228. The fraction of sp³-hybridized carbons (Fsp3) is 0.370. The maximum absolute atomic E-state index is 14.2. The molecule has 0 unspecified atom stereocenters. The lowest BCUT2D eigenvalue weighted by atomic mass is 10.1. The van der Waals surface area contributed by atoms with E-state index in [1.54, 1.807) is 12.1 Å². The van der Waals surface area contributed by atoms with Gasteiger partial charge in [-0.1, -0.05) is 61.9 Å². The number of unbranched alkanes of at least 4 members (excludes halogenated alkanes) is 1. The largest absolute Gasteiger partial charge is 0.464 e. The van der Waals surface area contributed by atoms with E-state index in [2.05, 4.69) is 19.1 Å². The SMILES string of the molecule is CCCCN(CC(=O)N(CCc1ccccc1)Cc1ccc(C)o1)Cc1ccccc1F. The fourth-order valence-corrected chi connectivity index (χ4v) is 3.71. The quantitative estimate of drug-likeness (QED) is 0.371. The number of carbonyl (C=O) groups excluding carboxylic acids is 1. The molecule has 0 atom stereocenters. The summed E-state index contributed by atoms with van der Waals surface area (Å²) in [6, 6.07) is 20.8. The molecule has 0 aliphatic rings. The van der Waals surface area contributed by atoms with Gasteiger partial charge >= 0.3 is 0 Å². The smallest absolute Gasteiger partial charge is 0.237 e. The van der Waals surface area contributed by atoms with Crippen molar-refractivity contribution < 1.29 is 13.6 Å². The minimum absolute atomic E-state index is 0.0300. The van der Waals surface area contributed by atoms with E-state index in [1.807, 2.05) is 53.1 Å². The number of halogens is 1. The van der Waals surface area contributed by atoms with Gasteiger partial charge in [-0.25, -0.2) is 4.39 Å². The molecule has 0 fully saturated rings. The monoisotopic (exact) mass is 436 g/mol. The van der Waals surface area contributed by atoms with E-state index in [0.717, 1.165) is 37.3 Å². The number of hydrogen-bond acceptors (Lipinski definition) is 3. The van der Waals surface area contributed by atoms with Crippen LogP contribution in [0.1, 0.15) is 42.4 Å². The lowest BCUT2D eigenvalue weighted by Gasteiger charge is -2.27. The van der Waals surface area contributed by atoms with Gasteiger partial charge in [-0.2, -0.15) is 0 Å². The predicted octanol–water partition coefficient (Wildman–Crippen LogP) is 5.60. The first-order chi connectivity index (χ1) is 15.5. The Morgan fingerprint density at radius 3 is 2.38 bits per heavy atom. The third-order valence-corrected chi connectivity index (χ3v) is 5.55. The first kappa shape index (κ1) is 23.7. The summed E-state index contributed by atoms with van der Waals surface area (Å²) in [6.45, 7) is 6.48. The third kappa shape index (κ3) is 7.34. The van der Waals surface area contributed by atoms with Gasteiger partial charge in [-0.15, -0.1) is 0 Å². The maximum Gasteiger partial charge on any atom is 0.237 e. The van der Waals surface area contributed by atoms with Crippen LogP contribution in [0.15, 0.2) is 71.1 Å². The number of furan rings is 1. The molecule has 2 aromatic carbocycles. The van der Waals surface area contributed by atoms with Crippen molar-refractivity contribution in [2.75, 3.05) is 19.6 Å². The highest BCUT2D eigenvalue weighted by molar-refractivity contribution is 5.78. The van der Waals surface area contributed by atoms with Gasteiger partial charge in [0.15, 0.2) is 0 Å². The van der Waals surface area contributed by atoms with Crippen LogP contribution in [-0.2, 0) is 24.3 Å². The first-order valence-electron chi connectivity index (χ1n) is 11.4. The molecule has 0 N–H and O–H groups in total. The Morgan fingerprint density at radius 1 is 0.938 bits per heavy atom. The summed E-state index contributed by atoms with van der Waals surface area (Å²) >= 11 is 0. The van der Waals surface area contributed by atoms with Crippen LogP contribution >= 0.6 is 0 Å². The van der Waals surface area contributed by atoms with E-state index in [9.17, 15) is 9.18 Å². The topological polar surface area (TPSA) is 36.7 Å². The van der Waals surface area contributed by atoms with Crippen molar-refractivity contribution in [1.29, 1.82) is 0 Å². The Bertz CT molecular complexity index is 971. The number of hydrogen-bond donors (Lipinski definition) is 0. The van der Waals surface area contributed by atoms with E-state index in [-0.39, 0.29) is 18.3 Å². The van der Waals surface area contributed by atoms with E-state index in [4.69, 9.17) is 4.42 Å². The predicted molar refractivity (Wildman–Crippen MR) is 126 cm³/mol. The lowest BCUT2D eigenvalue weighted by molar-refractivity contribution is -0.133. The Labute approximate surface area is 190 Å². The van der Waals surface area contributed by atoms with E-state index in [1.165, 1.54) is 11.6 Å². The van der Waals surface area contributed by atoms with Crippen molar-refractivity contribution in [1.82, 2.24) is 9.80 Å². The molecule has 170 valence electrons. The van der Waals surface area contributed by atoms with Crippen molar-refractivity contribution in [3.63, 3.8) is 0 Å². The summed E-state index contributed by atoms with van der Waals surface area (Å²) in [7, 11) is 0. The number of carbonyl (C=O) groups is 1. The Hall–Kier alpha value is -2.92. The zero-order valence-corrected chi connectivity index (χ0v) is 19.1. The van der Waals surface area contributed by atoms with Crippen LogP contribution in [0.2, 0.25) is 0 Å². The molecule has 3 rings (SSSR count). The van der Waals surface area contributed by atoms with Crippen LogP contribution in [0.3, 0.4) is 0 Å². The molecule has 0 saturated carbocycles. The van der Waals surface area contributed by atoms with E-state index >= 15 is 0 Å². The summed E-state index contributed by atoms with van der Waals surface area (Å²) in [6.07, 6.45) is 2.75. The zero-order valence-electron chi connectivity index (χ0n) is 19.1. The van der Waals surface area contributed by atoms with Gasteiger partial charge in [-0.3, -0.25) is 9.69 Å². The second kappa shape index (κ2) is 12.2. The summed E-state index contributed by atoms with van der Waals surface area (Å²) < 4.78 is 20.0. The third-order valence-electron chi connectivity index (χ3n) is 5.55. The van der Waals surface area contributed by atoms with Gasteiger partial charge in [0, 0.05) is 18.7 Å². The van der Waals surface area contributed by atoms with Crippen molar-refractivity contribution in [3.8, 4) is 0 Å². The van der Waals surface area contributed by atoms with Crippen LogP contribution in [0.5, 0.6) is 0 Å². The van der Waals surface area contributed by atoms with Crippen LogP contribution in [-0.4, -0.2) is 35.3 Å². The molecule has 0 radical (unpaired) electrons. The molecular formula is C27H33FN2O2. The fourth-order valence-electron chi connectivity index (χ4n) is 3.71. The highest BCUT2D eigenvalue weighted by Gasteiger charge is 2.20. The summed E-state index contributed by atoms with van der Waals surface area (Å²) in [5.74, 6) is 1.41. The van der Waals surface area contributed by atoms with Crippen LogP contribution in [0, 0.1) is 12.7 Å². The van der Waals surface area contributed by atoms with Gasteiger partial charge < -0.3 is 9.32 Å². The number of rotatable bonds is 12. The van der Waals surface area contributed by atoms with Gasteiger partial charge in [-0.05, 0) is 50.1 Å². The second-order valence-corrected chi connectivity index (χ2v) is 8.22. The molecule has 0 aliphatic carbocycles. The van der Waals surface area contributed by atoms with Crippen LogP contribution in [0.25, 0.3) is 0 Å². The number of amides is 1. The second-order valence-electron chi connectivity index (χ2n) is 8.22. The van der Waals surface area contributed by atoms with Crippen molar-refractivity contribution in [2.45, 2.75) is 46.2 Å². The summed E-state index contributed by atoms with van der Waals surface area (Å²) in [4.78, 5) is 17.3. The molecule has 3 aromatic rings. The average Bonchev–Trinajstić information content (AvgIpc) is 3.21. The Balaban J connectivity index is 1.71. The van der Waals surface area contributed by atoms with Gasteiger partial charge in [0.2, 0.25) is 5.91 Å². The van der Waals surface area contributed by atoms with Gasteiger partial charge in [0.05, 0.1) is 13.1 Å².